The van der Waals surface area contributed by atoms with Crippen molar-refractivity contribution in [2.75, 3.05) is 13.2 Å². The first-order chi connectivity index (χ1) is 6.20. The number of rotatable bonds is 4. The second-order valence-corrected chi connectivity index (χ2v) is 11.1. The van der Waals surface area contributed by atoms with E-state index in [0.717, 1.165) is 3.58 Å². The van der Waals surface area contributed by atoms with Gasteiger partial charge in [-0.3, -0.25) is 0 Å². The summed E-state index contributed by atoms with van der Waals surface area (Å²) in [6.07, 6.45) is 1.79. The van der Waals surface area contributed by atoms with Crippen molar-refractivity contribution in [3.63, 3.8) is 0 Å². The normalized spacial score (nSPS) is 14.6. The molecule has 14 heavy (non-hydrogen) atoms. The zero-order valence-electron chi connectivity index (χ0n) is 9.72. The summed E-state index contributed by atoms with van der Waals surface area (Å²) in [4.78, 5) is 0. The Morgan fingerprint density at radius 1 is 1.43 bits per heavy atom. The zero-order chi connectivity index (χ0) is 11.4. The van der Waals surface area contributed by atoms with Gasteiger partial charge in [-0.05, 0) is 46.8 Å². The van der Waals surface area contributed by atoms with Crippen LogP contribution < -0.4 is 0 Å². The van der Waals surface area contributed by atoms with Crippen LogP contribution in [0.25, 0.3) is 0 Å². The number of hydrogen-bond donors (Lipinski definition) is 1. The Bertz CT molecular complexity index is 207. The second kappa shape index (κ2) is 5.63. The van der Waals surface area contributed by atoms with Crippen molar-refractivity contribution in [2.24, 2.45) is 0 Å². The molecule has 84 valence electrons. The summed E-state index contributed by atoms with van der Waals surface area (Å²) >= 11 is 2.21. The van der Waals surface area contributed by atoms with Crippen LogP contribution in [0.4, 0.5) is 0 Å². The first-order valence-electron chi connectivity index (χ1n) is 4.80. The predicted octanol–water partition coefficient (Wildman–Crippen LogP) is 3.32. The van der Waals surface area contributed by atoms with Gasteiger partial charge in [-0.15, -0.1) is 0 Å². The highest BCUT2D eigenvalue weighted by molar-refractivity contribution is 14.1. The van der Waals surface area contributed by atoms with E-state index in [-0.39, 0.29) is 11.6 Å². The van der Waals surface area contributed by atoms with Crippen LogP contribution >= 0.6 is 22.6 Å². The summed E-state index contributed by atoms with van der Waals surface area (Å²) in [5, 5.41) is 8.95. The van der Waals surface area contributed by atoms with E-state index in [1.165, 1.54) is 0 Å². The molecule has 0 aliphatic heterocycles. The Balaban J connectivity index is 4.20. The highest BCUT2D eigenvalue weighted by atomic mass is 127. The molecule has 4 heteroatoms. The minimum absolute atomic E-state index is 0.0964. The summed E-state index contributed by atoms with van der Waals surface area (Å²) in [5.74, 6) is 0. The van der Waals surface area contributed by atoms with E-state index >= 15 is 0 Å². The molecule has 2 nitrogen and oxygen atoms in total. The van der Waals surface area contributed by atoms with Gasteiger partial charge in [0.1, 0.15) is 0 Å². The second-order valence-electron chi connectivity index (χ2n) is 4.88. The molecule has 0 atom stereocenters. The van der Waals surface area contributed by atoms with Gasteiger partial charge in [0.15, 0.2) is 8.32 Å². The van der Waals surface area contributed by atoms with Crippen molar-refractivity contribution in [2.45, 2.75) is 38.9 Å². The Morgan fingerprint density at radius 3 is 2.29 bits per heavy atom. The smallest absolute Gasteiger partial charge is 0.192 e. The van der Waals surface area contributed by atoms with Crippen molar-refractivity contribution in [3.05, 3.63) is 9.66 Å². The maximum Gasteiger partial charge on any atom is 0.192 e. The van der Waals surface area contributed by atoms with Crippen molar-refractivity contribution >= 4 is 30.9 Å². The number of hydrogen-bond acceptors (Lipinski definition) is 2. The average molecular weight is 328 g/mol. The molecule has 0 saturated carbocycles. The number of aliphatic hydroxyl groups excluding tert-OH is 1. The van der Waals surface area contributed by atoms with Gasteiger partial charge in [0.25, 0.3) is 0 Å². The summed E-state index contributed by atoms with van der Waals surface area (Å²) in [7, 11) is -1.62. The van der Waals surface area contributed by atoms with Crippen molar-refractivity contribution in [1.82, 2.24) is 0 Å². The molecule has 0 rings (SSSR count). The van der Waals surface area contributed by atoms with Crippen LogP contribution in [0.5, 0.6) is 0 Å². The van der Waals surface area contributed by atoms with Crippen LogP contribution in [-0.2, 0) is 4.43 Å². The Hall–Kier alpha value is 0.607. The van der Waals surface area contributed by atoms with Gasteiger partial charge < -0.3 is 9.53 Å². The van der Waals surface area contributed by atoms with E-state index in [4.69, 9.17) is 9.53 Å². The SMILES string of the molecule is CC(C)(C)[Si](C)(C)OC/C(I)=C\CO. The highest BCUT2D eigenvalue weighted by Gasteiger charge is 2.36. The summed E-state index contributed by atoms with van der Waals surface area (Å²) in [5.41, 5.74) is 0. The van der Waals surface area contributed by atoms with Crippen LogP contribution in [0.2, 0.25) is 18.1 Å². The molecule has 0 aliphatic carbocycles. The molecule has 0 saturated heterocycles. The molecule has 0 radical (unpaired) electrons. The molecule has 0 amide bonds. The fourth-order valence-corrected chi connectivity index (χ4v) is 2.22. The monoisotopic (exact) mass is 328 g/mol. The Labute approximate surface area is 102 Å². The summed E-state index contributed by atoms with van der Waals surface area (Å²) < 4.78 is 7.04. The quantitative estimate of drug-likeness (QED) is 0.634. The van der Waals surface area contributed by atoms with E-state index in [2.05, 4.69) is 56.5 Å². The lowest BCUT2D eigenvalue weighted by atomic mass is 10.2. The Kier molecular flexibility index (Phi) is 5.87. The first kappa shape index (κ1) is 14.6. The molecular formula is C10H21IO2Si. The van der Waals surface area contributed by atoms with E-state index in [0.29, 0.717) is 6.61 Å². The largest absolute Gasteiger partial charge is 0.412 e. The molecule has 0 unspecified atom stereocenters. The third-order valence-electron chi connectivity index (χ3n) is 2.69. The van der Waals surface area contributed by atoms with Crippen LogP contribution in [0.15, 0.2) is 9.66 Å². The molecule has 0 aromatic heterocycles. The zero-order valence-corrected chi connectivity index (χ0v) is 12.9. The van der Waals surface area contributed by atoms with Crippen molar-refractivity contribution in [3.8, 4) is 0 Å². The van der Waals surface area contributed by atoms with E-state index < -0.39 is 8.32 Å². The van der Waals surface area contributed by atoms with Gasteiger partial charge in [-0.2, -0.15) is 0 Å². The first-order valence-corrected chi connectivity index (χ1v) is 8.79. The van der Waals surface area contributed by atoms with Gasteiger partial charge in [-0.1, -0.05) is 20.8 Å². The molecule has 1 N–H and O–H groups in total. The molecule has 0 aromatic rings. The fraction of sp³-hybridized carbons (Fsp3) is 0.800. The maximum absolute atomic E-state index is 8.70. The fourth-order valence-electron chi connectivity index (χ4n) is 0.624. The van der Waals surface area contributed by atoms with Crippen LogP contribution in [0.3, 0.4) is 0 Å². The number of halogens is 1. The predicted molar refractivity (Wildman–Crippen MR) is 72.3 cm³/mol. The lowest BCUT2D eigenvalue weighted by Crippen LogP contribution is -2.41. The van der Waals surface area contributed by atoms with Crippen LogP contribution in [-0.4, -0.2) is 26.6 Å². The Morgan fingerprint density at radius 2 is 1.93 bits per heavy atom. The minimum Gasteiger partial charge on any atom is -0.412 e. The van der Waals surface area contributed by atoms with Gasteiger partial charge in [0.05, 0.1) is 13.2 Å². The molecular weight excluding hydrogens is 307 g/mol. The van der Waals surface area contributed by atoms with Crippen LogP contribution in [0.1, 0.15) is 20.8 Å². The lowest BCUT2D eigenvalue weighted by molar-refractivity contribution is 0.319. The molecule has 0 aliphatic rings. The maximum atomic E-state index is 8.70. The van der Waals surface area contributed by atoms with Crippen molar-refractivity contribution in [1.29, 1.82) is 0 Å². The lowest BCUT2D eigenvalue weighted by Gasteiger charge is -2.36. The van der Waals surface area contributed by atoms with E-state index in [1.54, 1.807) is 6.08 Å². The standard InChI is InChI=1S/C10H21IO2Si/c1-10(2,3)14(4,5)13-8-9(11)6-7-12/h6,12H,7-8H2,1-5H3/b9-6+. The minimum atomic E-state index is -1.62. The highest BCUT2D eigenvalue weighted by Crippen LogP contribution is 2.36. The van der Waals surface area contributed by atoms with Gasteiger partial charge in [0, 0.05) is 3.58 Å². The third kappa shape index (κ3) is 4.91. The van der Waals surface area contributed by atoms with Crippen LogP contribution in [0, 0.1) is 0 Å². The molecule has 0 fully saturated rings. The van der Waals surface area contributed by atoms with Crippen molar-refractivity contribution < 1.29 is 9.53 Å². The topological polar surface area (TPSA) is 29.5 Å². The average Bonchev–Trinajstić information content (AvgIpc) is 1.99. The van der Waals surface area contributed by atoms with Gasteiger partial charge in [0.2, 0.25) is 0 Å². The van der Waals surface area contributed by atoms with Gasteiger partial charge in [-0.25, -0.2) is 0 Å². The molecule has 0 spiro atoms. The number of aliphatic hydroxyl groups is 1. The summed E-state index contributed by atoms with van der Waals surface area (Å²) in [6.45, 7) is 11.9. The molecule has 0 aromatic carbocycles. The third-order valence-corrected chi connectivity index (χ3v) is 7.92. The summed E-state index contributed by atoms with van der Waals surface area (Å²) in [6, 6.07) is 0. The molecule has 0 bridgehead atoms. The van der Waals surface area contributed by atoms with Gasteiger partial charge >= 0.3 is 0 Å². The van der Waals surface area contributed by atoms with E-state index in [1.807, 2.05) is 0 Å². The van der Waals surface area contributed by atoms with E-state index in [9.17, 15) is 0 Å². The molecule has 0 heterocycles.